The van der Waals surface area contributed by atoms with E-state index in [1.165, 1.54) is 18.2 Å². The van der Waals surface area contributed by atoms with Crippen LogP contribution in [0.15, 0.2) is 48.5 Å². The predicted octanol–water partition coefficient (Wildman–Crippen LogP) is 3.93. The van der Waals surface area contributed by atoms with Crippen molar-refractivity contribution in [3.63, 3.8) is 0 Å². The summed E-state index contributed by atoms with van der Waals surface area (Å²) in [5, 5.41) is 11.8. The molecule has 6 nitrogen and oxygen atoms in total. The average Bonchev–Trinajstić information content (AvgIpc) is 3.05. The number of benzene rings is 2. The molecule has 190 valence electrons. The largest absolute Gasteiger partial charge is 0.490 e. The van der Waals surface area contributed by atoms with E-state index in [9.17, 15) is 9.90 Å². The number of β-amino-alcohol motifs (C(OH)–C–C–N with tert-alkyl or cyclic N) is 1. The minimum atomic E-state index is -1.16. The van der Waals surface area contributed by atoms with Crippen LogP contribution in [-0.2, 0) is 9.53 Å². The molecule has 0 radical (unpaired) electrons. The van der Waals surface area contributed by atoms with E-state index in [2.05, 4.69) is 49.1 Å². The molecular weight excluding hydrogens is 440 g/mol. The van der Waals surface area contributed by atoms with Gasteiger partial charge in [0.2, 0.25) is 5.91 Å². The highest BCUT2D eigenvalue weighted by Gasteiger charge is 2.40. The number of nitrogens with zero attached hydrogens (tertiary/aromatic N) is 2. The van der Waals surface area contributed by atoms with Crippen molar-refractivity contribution in [1.82, 2.24) is 9.80 Å². The summed E-state index contributed by atoms with van der Waals surface area (Å²) in [6.45, 7) is 6.38. The number of carbonyl (C=O) groups is 1. The number of ether oxygens (including phenoxy) is 2. The van der Waals surface area contributed by atoms with Crippen LogP contribution in [-0.4, -0.2) is 79.0 Å². The van der Waals surface area contributed by atoms with Crippen LogP contribution < -0.4 is 4.74 Å². The Bertz CT molecular complexity index is 974. The highest BCUT2D eigenvalue weighted by Crippen LogP contribution is 2.35. The smallest absolute Gasteiger partial charge is 0.248 e. The lowest BCUT2D eigenvalue weighted by molar-refractivity contribution is -0.138. The van der Waals surface area contributed by atoms with Crippen LogP contribution >= 0.6 is 0 Å². The fourth-order valence-electron chi connectivity index (χ4n) is 5.54. The predicted molar refractivity (Wildman–Crippen MR) is 138 cm³/mol. The van der Waals surface area contributed by atoms with Gasteiger partial charge in [-0.25, -0.2) is 0 Å². The van der Waals surface area contributed by atoms with Crippen LogP contribution in [0.4, 0.5) is 0 Å². The molecule has 2 fully saturated rings. The zero-order chi connectivity index (χ0) is 24.8. The summed E-state index contributed by atoms with van der Waals surface area (Å²) in [7, 11) is 1.53. The van der Waals surface area contributed by atoms with Crippen LogP contribution in [0.3, 0.4) is 0 Å². The molecule has 2 aromatic carbocycles. The van der Waals surface area contributed by atoms with Gasteiger partial charge in [0.05, 0.1) is 6.54 Å². The molecule has 1 atom stereocenters. The van der Waals surface area contributed by atoms with Gasteiger partial charge in [0.25, 0.3) is 0 Å². The minimum Gasteiger partial charge on any atom is -0.490 e. The summed E-state index contributed by atoms with van der Waals surface area (Å²) in [6, 6.07) is 17.2. The summed E-state index contributed by atoms with van der Waals surface area (Å²) in [5.74, 6) is 1.26. The molecule has 6 heteroatoms. The number of hydrogen-bond donors (Lipinski definition) is 1. The second-order valence-corrected chi connectivity index (χ2v) is 10.4. The Morgan fingerprint density at radius 2 is 1.74 bits per heavy atom. The third-order valence-electron chi connectivity index (χ3n) is 7.73. The first-order valence-corrected chi connectivity index (χ1v) is 12.8. The third kappa shape index (κ3) is 6.63. The van der Waals surface area contributed by atoms with Gasteiger partial charge in [-0.2, -0.15) is 0 Å². The SMILES string of the molecule is COCC(=O)N1CCN(C2CCC(c3ccccc3)CC2)C[C@@](O)(COc2ccc(C)c(C)c2)C1. The van der Waals surface area contributed by atoms with Crippen molar-refractivity contribution in [2.75, 3.05) is 46.5 Å². The van der Waals surface area contributed by atoms with E-state index in [1.807, 2.05) is 18.2 Å². The van der Waals surface area contributed by atoms with Gasteiger partial charge in [0.1, 0.15) is 24.6 Å². The molecule has 2 aromatic rings. The molecule has 4 rings (SSSR count). The van der Waals surface area contributed by atoms with E-state index in [1.54, 1.807) is 4.90 Å². The van der Waals surface area contributed by atoms with Crippen molar-refractivity contribution < 1.29 is 19.4 Å². The zero-order valence-corrected chi connectivity index (χ0v) is 21.4. The van der Waals surface area contributed by atoms with Crippen LogP contribution in [0.1, 0.15) is 48.3 Å². The molecule has 35 heavy (non-hydrogen) atoms. The van der Waals surface area contributed by atoms with Gasteiger partial charge in [-0.1, -0.05) is 36.4 Å². The summed E-state index contributed by atoms with van der Waals surface area (Å²) >= 11 is 0. The lowest BCUT2D eigenvalue weighted by Crippen LogP contribution is -2.54. The molecule has 1 heterocycles. The Hall–Kier alpha value is -2.41. The highest BCUT2D eigenvalue weighted by atomic mass is 16.5. The van der Waals surface area contributed by atoms with Crippen molar-refractivity contribution >= 4 is 5.91 Å². The third-order valence-corrected chi connectivity index (χ3v) is 7.73. The Morgan fingerprint density at radius 3 is 2.43 bits per heavy atom. The number of methoxy groups -OCH3 is 1. The van der Waals surface area contributed by atoms with Gasteiger partial charge in [-0.05, 0) is 74.3 Å². The van der Waals surface area contributed by atoms with Gasteiger partial charge >= 0.3 is 0 Å². The van der Waals surface area contributed by atoms with Gasteiger partial charge in [0, 0.05) is 32.8 Å². The number of carbonyl (C=O) groups excluding carboxylic acids is 1. The molecule has 0 unspecified atom stereocenters. The van der Waals surface area contributed by atoms with Crippen LogP contribution in [0.5, 0.6) is 5.75 Å². The molecule has 1 saturated heterocycles. The first kappa shape index (κ1) is 25.7. The van der Waals surface area contributed by atoms with Crippen LogP contribution in [0.25, 0.3) is 0 Å². The summed E-state index contributed by atoms with van der Waals surface area (Å²) < 4.78 is 11.2. The molecule has 0 bridgehead atoms. The molecule has 1 aliphatic heterocycles. The highest BCUT2D eigenvalue weighted by molar-refractivity contribution is 5.77. The van der Waals surface area contributed by atoms with Crippen molar-refractivity contribution in [3.8, 4) is 5.75 Å². The van der Waals surface area contributed by atoms with E-state index < -0.39 is 5.60 Å². The standard InChI is InChI=1S/C29H40N2O4/c1-22-9-14-27(17-23(22)2)35-21-29(33)19-30(15-16-31(20-29)28(32)18-34-3)26-12-10-25(11-13-26)24-7-5-4-6-8-24/h4-9,14,17,25-26,33H,10-13,15-16,18-21H2,1-3H3/t25?,26?,29-/m0/s1. The van der Waals surface area contributed by atoms with Gasteiger partial charge in [-0.3, -0.25) is 9.69 Å². The van der Waals surface area contributed by atoms with E-state index in [4.69, 9.17) is 9.47 Å². The first-order valence-electron chi connectivity index (χ1n) is 12.8. The maximum Gasteiger partial charge on any atom is 0.248 e. The monoisotopic (exact) mass is 480 g/mol. The van der Waals surface area contributed by atoms with E-state index >= 15 is 0 Å². The van der Waals surface area contributed by atoms with Crippen molar-refractivity contribution in [3.05, 3.63) is 65.2 Å². The number of rotatable bonds is 7. The van der Waals surface area contributed by atoms with Crippen LogP contribution in [0.2, 0.25) is 0 Å². The maximum absolute atomic E-state index is 12.7. The summed E-state index contributed by atoms with van der Waals surface area (Å²) in [6.07, 6.45) is 4.49. The second-order valence-electron chi connectivity index (χ2n) is 10.4. The normalized spacial score (nSPS) is 25.8. The Kier molecular flexibility index (Phi) is 8.47. The summed E-state index contributed by atoms with van der Waals surface area (Å²) in [5.41, 5.74) is 2.63. The van der Waals surface area contributed by atoms with Crippen molar-refractivity contribution in [2.24, 2.45) is 0 Å². The van der Waals surface area contributed by atoms with E-state index in [0.717, 1.165) is 43.5 Å². The number of amides is 1. The molecule has 1 N–H and O–H groups in total. The Morgan fingerprint density at radius 1 is 1.00 bits per heavy atom. The number of aliphatic hydroxyl groups is 1. The fourth-order valence-corrected chi connectivity index (χ4v) is 5.54. The summed E-state index contributed by atoms with van der Waals surface area (Å²) in [4.78, 5) is 16.8. The van der Waals surface area contributed by atoms with Crippen LogP contribution in [0, 0.1) is 13.8 Å². The Balaban J connectivity index is 1.45. The maximum atomic E-state index is 12.7. The quantitative estimate of drug-likeness (QED) is 0.651. The average molecular weight is 481 g/mol. The van der Waals surface area contributed by atoms with Crippen molar-refractivity contribution in [2.45, 2.75) is 57.1 Å². The lowest BCUT2D eigenvalue weighted by Gasteiger charge is -2.39. The molecule has 2 aliphatic rings. The second kappa shape index (κ2) is 11.5. The number of aryl methyl sites for hydroxylation is 2. The molecule has 1 saturated carbocycles. The topological polar surface area (TPSA) is 62.2 Å². The first-order chi connectivity index (χ1) is 16.9. The lowest BCUT2D eigenvalue weighted by atomic mass is 9.81. The zero-order valence-electron chi connectivity index (χ0n) is 21.4. The van der Waals surface area contributed by atoms with E-state index in [0.29, 0.717) is 25.0 Å². The molecule has 1 amide bonds. The minimum absolute atomic E-state index is 0.0241. The van der Waals surface area contributed by atoms with E-state index in [-0.39, 0.29) is 25.7 Å². The molecule has 0 spiro atoms. The van der Waals surface area contributed by atoms with Gasteiger partial charge < -0.3 is 19.5 Å². The molecule has 1 aliphatic carbocycles. The fraction of sp³-hybridized carbons (Fsp3) is 0.552. The van der Waals surface area contributed by atoms with Crippen molar-refractivity contribution in [1.29, 1.82) is 0 Å². The molecular formula is C29H40N2O4. The number of hydrogen-bond acceptors (Lipinski definition) is 5. The Labute approximate surface area is 209 Å². The molecule has 0 aromatic heterocycles. The van der Waals surface area contributed by atoms with Gasteiger partial charge in [-0.15, -0.1) is 0 Å². The van der Waals surface area contributed by atoms with Gasteiger partial charge in [0.15, 0.2) is 0 Å².